The molecule has 22 heavy (non-hydrogen) atoms. The van der Waals surface area contributed by atoms with Gasteiger partial charge in [-0.25, -0.2) is 4.39 Å². The zero-order valence-corrected chi connectivity index (χ0v) is 11.6. The minimum atomic E-state index is -1.05. The maximum absolute atomic E-state index is 13.5. The number of rotatable bonds is 6. The van der Waals surface area contributed by atoms with Crippen LogP contribution in [0.1, 0.15) is 17.2 Å². The summed E-state index contributed by atoms with van der Waals surface area (Å²) < 4.78 is 13.5. The number of nitro groups is 1. The summed E-state index contributed by atoms with van der Waals surface area (Å²) in [5.41, 5.74) is 0.359. The van der Waals surface area contributed by atoms with Gasteiger partial charge in [-0.1, -0.05) is 18.2 Å². The van der Waals surface area contributed by atoms with Crippen LogP contribution >= 0.6 is 0 Å². The van der Waals surface area contributed by atoms with Crippen LogP contribution in [0.3, 0.4) is 0 Å². The quantitative estimate of drug-likeness (QED) is 0.562. The molecule has 0 saturated heterocycles. The van der Waals surface area contributed by atoms with Gasteiger partial charge in [-0.2, -0.15) is 0 Å². The molecule has 0 aliphatic heterocycles. The molecule has 3 N–H and O–H groups in total. The van der Waals surface area contributed by atoms with Gasteiger partial charge in [-0.05, 0) is 12.1 Å². The van der Waals surface area contributed by atoms with E-state index >= 15 is 0 Å². The Bertz CT molecular complexity index is 678. The SMILES string of the molecule is O=[N+]([O-])c1ccc(O)c(CNCC(O)c2ccccc2F)c1. The van der Waals surface area contributed by atoms with Gasteiger partial charge in [-0.3, -0.25) is 10.1 Å². The average Bonchev–Trinajstić information content (AvgIpc) is 2.49. The molecule has 116 valence electrons. The van der Waals surface area contributed by atoms with Crippen LogP contribution in [-0.2, 0) is 6.54 Å². The highest BCUT2D eigenvalue weighted by molar-refractivity contribution is 5.42. The molecule has 0 aliphatic carbocycles. The van der Waals surface area contributed by atoms with E-state index in [1.54, 1.807) is 6.07 Å². The van der Waals surface area contributed by atoms with Crippen LogP contribution in [0.5, 0.6) is 5.75 Å². The smallest absolute Gasteiger partial charge is 0.270 e. The van der Waals surface area contributed by atoms with Crippen molar-refractivity contribution >= 4 is 5.69 Å². The third-order valence-electron chi connectivity index (χ3n) is 3.19. The first-order valence-electron chi connectivity index (χ1n) is 6.58. The third-order valence-corrected chi connectivity index (χ3v) is 3.19. The molecule has 0 spiro atoms. The van der Waals surface area contributed by atoms with E-state index in [2.05, 4.69) is 5.32 Å². The number of aliphatic hydroxyl groups excluding tert-OH is 1. The summed E-state index contributed by atoms with van der Waals surface area (Å²) in [5.74, 6) is -0.589. The van der Waals surface area contributed by atoms with Crippen molar-refractivity contribution in [1.82, 2.24) is 5.32 Å². The van der Waals surface area contributed by atoms with Crippen molar-refractivity contribution in [1.29, 1.82) is 0 Å². The zero-order chi connectivity index (χ0) is 16.1. The lowest BCUT2D eigenvalue weighted by molar-refractivity contribution is -0.384. The molecule has 0 fully saturated rings. The Morgan fingerprint density at radius 3 is 2.68 bits per heavy atom. The highest BCUT2D eigenvalue weighted by Crippen LogP contribution is 2.23. The van der Waals surface area contributed by atoms with Gasteiger partial charge in [-0.15, -0.1) is 0 Å². The van der Waals surface area contributed by atoms with Gasteiger partial charge in [0.05, 0.1) is 11.0 Å². The number of hydrogen-bond donors (Lipinski definition) is 3. The molecule has 7 heteroatoms. The van der Waals surface area contributed by atoms with Crippen LogP contribution in [0, 0.1) is 15.9 Å². The van der Waals surface area contributed by atoms with Crippen molar-refractivity contribution in [2.75, 3.05) is 6.54 Å². The number of phenolic OH excluding ortho intramolecular Hbond substituents is 1. The van der Waals surface area contributed by atoms with Crippen molar-refractivity contribution in [2.45, 2.75) is 12.6 Å². The number of aliphatic hydroxyl groups is 1. The molecule has 0 radical (unpaired) electrons. The molecule has 0 bridgehead atoms. The summed E-state index contributed by atoms with van der Waals surface area (Å²) in [6.45, 7) is 0.155. The maximum Gasteiger partial charge on any atom is 0.270 e. The number of aromatic hydroxyl groups is 1. The van der Waals surface area contributed by atoms with Crippen LogP contribution in [0.2, 0.25) is 0 Å². The first-order valence-corrected chi connectivity index (χ1v) is 6.58. The van der Waals surface area contributed by atoms with Crippen LogP contribution in [0.4, 0.5) is 10.1 Å². The Balaban J connectivity index is 1.98. The van der Waals surface area contributed by atoms with Gasteiger partial charge in [0.1, 0.15) is 11.6 Å². The van der Waals surface area contributed by atoms with Crippen LogP contribution in [-0.4, -0.2) is 21.7 Å². The fraction of sp³-hybridized carbons (Fsp3) is 0.200. The Labute approximate surface area is 126 Å². The van der Waals surface area contributed by atoms with Gasteiger partial charge in [0.15, 0.2) is 0 Å². The van der Waals surface area contributed by atoms with Crippen molar-refractivity contribution in [3.63, 3.8) is 0 Å². The largest absolute Gasteiger partial charge is 0.508 e. The van der Waals surface area contributed by atoms with Gasteiger partial charge < -0.3 is 15.5 Å². The summed E-state index contributed by atoms with van der Waals surface area (Å²) in [6, 6.07) is 9.57. The Morgan fingerprint density at radius 1 is 1.27 bits per heavy atom. The topological polar surface area (TPSA) is 95.6 Å². The molecular formula is C15H15FN2O4. The minimum absolute atomic E-state index is 0.0447. The van der Waals surface area contributed by atoms with Crippen molar-refractivity contribution in [2.24, 2.45) is 0 Å². The fourth-order valence-corrected chi connectivity index (χ4v) is 2.03. The summed E-state index contributed by atoms with van der Waals surface area (Å²) in [7, 11) is 0. The Morgan fingerprint density at radius 2 is 2.00 bits per heavy atom. The zero-order valence-electron chi connectivity index (χ0n) is 11.6. The Hall–Kier alpha value is -2.51. The number of halogens is 1. The highest BCUT2D eigenvalue weighted by Gasteiger charge is 2.13. The van der Waals surface area contributed by atoms with Gasteiger partial charge >= 0.3 is 0 Å². The molecule has 1 unspecified atom stereocenters. The minimum Gasteiger partial charge on any atom is -0.508 e. The molecule has 2 rings (SSSR count). The summed E-state index contributed by atoms with van der Waals surface area (Å²) in [5, 5.41) is 33.1. The standard InChI is InChI=1S/C15H15FN2O4/c16-13-4-2-1-3-12(13)15(20)9-17-8-10-7-11(18(21)22)5-6-14(10)19/h1-7,15,17,19-20H,8-9H2. The van der Waals surface area contributed by atoms with Crippen LogP contribution in [0.15, 0.2) is 42.5 Å². The van der Waals surface area contributed by atoms with E-state index in [0.717, 1.165) is 0 Å². The summed E-state index contributed by atoms with van der Waals surface area (Å²) in [4.78, 5) is 10.1. The van der Waals surface area contributed by atoms with E-state index in [9.17, 15) is 24.7 Å². The molecule has 0 amide bonds. The Kier molecular flexibility index (Phi) is 5.03. The van der Waals surface area contributed by atoms with Crippen LogP contribution < -0.4 is 5.32 Å². The van der Waals surface area contributed by atoms with E-state index in [4.69, 9.17) is 0 Å². The first kappa shape index (κ1) is 15.9. The normalized spacial score (nSPS) is 12.1. The predicted molar refractivity (Wildman–Crippen MR) is 77.8 cm³/mol. The van der Waals surface area contributed by atoms with Crippen molar-refractivity contribution < 1.29 is 19.5 Å². The van der Waals surface area contributed by atoms with E-state index in [1.165, 1.54) is 36.4 Å². The van der Waals surface area contributed by atoms with E-state index in [0.29, 0.717) is 5.56 Å². The summed E-state index contributed by atoms with van der Waals surface area (Å²) >= 11 is 0. The van der Waals surface area contributed by atoms with E-state index < -0.39 is 16.8 Å². The second-order valence-electron chi connectivity index (χ2n) is 4.74. The average molecular weight is 306 g/mol. The lowest BCUT2D eigenvalue weighted by Crippen LogP contribution is -2.21. The molecule has 0 saturated carbocycles. The molecule has 0 heterocycles. The molecule has 6 nitrogen and oxygen atoms in total. The molecule has 1 atom stereocenters. The second kappa shape index (κ2) is 6.97. The molecule has 0 aromatic heterocycles. The maximum atomic E-state index is 13.5. The summed E-state index contributed by atoms with van der Waals surface area (Å²) in [6.07, 6.45) is -1.05. The van der Waals surface area contributed by atoms with E-state index in [-0.39, 0.29) is 30.1 Å². The number of hydrogen-bond acceptors (Lipinski definition) is 5. The number of benzene rings is 2. The predicted octanol–water partition coefficient (Wildman–Crippen LogP) is 2.26. The first-order chi connectivity index (χ1) is 10.5. The number of nitrogens with one attached hydrogen (secondary N) is 1. The van der Waals surface area contributed by atoms with Crippen molar-refractivity contribution in [3.8, 4) is 5.75 Å². The second-order valence-corrected chi connectivity index (χ2v) is 4.74. The lowest BCUT2D eigenvalue weighted by atomic mass is 10.1. The molecule has 0 aliphatic rings. The third kappa shape index (κ3) is 3.78. The van der Waals surface area contributed by atoms with Crippen molar-refractivity contribution in [3.05, 3.63) is 69.5 Å². The van der Waals surface area contributed by atoms with E-state index in [1.807, 2.05) is 0 Å². The molecule has 2 aromatic rings. The highest BCUT2D eigenvalue weighted by atomic mass is 19.1. The van der Waals surface area contributed by atoms with Gasteiger partial charge in [0.2, 0.25) is 0 Å². The monoisotopic (exact) mass is 306 g/mol. The molecule has 2 aromatic carbocycles. The van der Waals surface area contributed by atoms with Crippen LogP contribution in [0.25, 0.3) is 0 Å². The number of nitro benzene ring substituents is 1. The number of nitrogens with zero attached hydrogens (tertiary/aromatic N) is 1. The fourth-order valence-electron chi connectivity index (χ4n) is 2.03. The lowest BCUT2D eigenvalue weighted by Gasteiger charge is -2.13. The number of non-ortho nitro benzene ring substituents is 1. The molecular weight excluding hydrogens is 291 g/mol. The number of phenols is 1. The van der Waals surface area contributed by atoms with Gasteiger partial charge in [0.25, 0.3) is 5.69 Å². The van der Waals surface area contributed by atoms with Gasteiger partial charge in [0, 0.05) is 36.3 Å².